The molecular formula is C23H24F3N3O2. The van der Waals surface area contributed by atoms with E-state index in [-0.39, 0.29) is 42.4 Å². The molecule has 1 amide bonds. The molecule has 0 saturated carbocycles. The van der Waals surface area contributed by atoms with E-state index in [1.807, 2.05) is 18.7 Å². The fraction of sp³-hybridized carbons (Fsp3) is 0.304. The van der Waals surface area contributed by atoms with Gasteiger partial charge in [-0.1, -0.05) is 25.1 Å². The summed E-state index contributed by atoms with van der Waals surface area (Å²) in [5.41, 5.74) is 1.25. The Kier molecular flexibility index (Phi) is 7.46. The molecule has 31 heavy (non-hydrogen) atoms. The summed E-state index contributed by atoms with van der Waals surface area (Å²) >= 11 is 0. The van der Waals surface area contributed by atoms with Crippen LogP contribution in [-0.4, -0.2) is 21.8 Å². The number of carbonyl (C=O) groups excluding carboxylic acids is 1. The molecule has 0 fully saturated rings. The average molecular weight is 431 g/mol. The molecular weight excluding hydrogens is 407 g/mol. The number of nitrogens with one attached hydrogen (secondary N) is 1. The molecule has 0 aliphatic heterocycles. The summed E-state index contributed by atoms with van der Waals surface area (Å²) in [7, 11) is 0. The zero-order chi connectivity index (χ0) is 22.4. The molecule has 0 aliphatic rings. The first-order valence-electron chi connectivity index (χ1n) is 10.00. The molecule has 8 heteroatoms. The highest BCUT2D eigenvalue weighted by Gasteiger charge is 2.18. The molecule has 1 atom stereocenters. The third-order valence-corrected chi connectivity index (χ3v) is 4.86. The number of hydrogen-bond acceptors (Lipinski definition) is 4. The van der Waals surface area contributed by atoms with Crippen LogP contribution in [0, 0.1) is 17.5 Å². The molecule has 1 heterocycles. The highest BCUT2D eigenvalue weighted by Crippen LogP contribution is 2.17. The van der Waals surface area contributed by atoms with Gasteiger partial charge < -0.3 is 9.73 Å². The normalized spacial score (nSPS) is 12.2. The minimum absolute atomic E-state index is 0.00377. The van der Waals surface area contributed by atoms with E-state index < -0.39 is 11.6 Å². The summed E-state index contributed by atoms with van der Waals surface area (Å²) in [5, 5.41) is 2.81. The van der Waals surface area contributed by atoms with E-state index in [0.717, 1.165) is 18.1 Å². The SMILES string of the molecule is CC[C@H](C)NC(=O)c1coc(CN(Cc2ccc(F)cc2)Cc2ccc(F)cc2F)n1. The lowest BCUT2D eigenvalue weighted by Gasteiger charge is -2.21. The Labute approximate surface area is 178 Å². The third kappa shape index (κ3) is 6.42. The van der Waals surface area contributed by atoms with Crippen molar-refractivity contribution in [3.05, 3.63) is 88.9 Å². The van der Waals surface area contributed by atoms with Gasteiger partial charge in [0, 0.05) is 30.8 Å². The molecule has 5 nitrogen and oxygen atoms in total. The molecule has 0 unspecified atom stereocenters. The quantitative estimate of drug-likeness (QED) is 0.528. The van der Waals surface area contributed by atoms with Crippen LogP contribution in [0.4, 0.5) is 13.2 Å². The number of oxazole rings is 1. The number of hydrogen-bond donors (Lipinski definition) is 1. The van der Waals surface area contributed by atoms with Crippen molar-refractivity contribution in [3.8, 4) is 0 Å². The van der Waals surface area contributed by atoms with Crippen molar-refractivity contribution in [2.24, 2.45) is 0 Å². The lowest BCUT2D eigenvalue weighted by Crippen LogP contribution is -2.32. The second-order valence-electron chi connectivity index (χ2n) is 7.42. The van der Waals surface area contributed by atoms with Crippen LogP contribution in [0.5, 0.6) is 0 Å². The first kappa shape index (κ1) is 22.6. The number of nitrogens with zero attached hydrogens (tertiary/aromatic N) is 2. The fourth-order valence-corrected chi connectivity index (χ4v) is 2.99. The fourth-order valence-electron chi connectivity index (χ4n) is 2.99. The van der Waals surface area contributed by atoms with Gasteiger partial charge in [-0.05, 0) is 37.1 Å². The van der Waals surface area contributed by atoms with Crippen LogP contribution in [0.2, 0.25) is 0 Å². The minimum Gasteiger partial charge on any atom is -0.447 e. The van der Waals surface area contributed by atoms with Crippen molar-refractivity contribution in [2.45, 2.75) is 45.9 Å². The summed E-state index contributed by atoms with van der Waals surface area (Å²) in [4.78, 5) is 18.3. The zero-order valence-corrected chi connectivity index (χ0v) is 17.4. The van der Waals surface area contributed by atoms with Gasteiger partial charge >= 0.3 is 0 Å². The Morgan fingerprint density at radius 1 is 1.06 bits per heavy atom. The van der Waals surface area contributed by atoms with Crippen molar-refractivity contribution in [1.29, 1.82) is 0 Å². The maximum atomic E-state index is 14.2. The maximum absolute atomic E-state index is 14.2. The largest absolute Gasteiger partial charge is 0.447 e. The molecule has 0 aliphatic carbocycles. The second-order valence-corrected chi connectivity index (χ2v) is 7.42. The van der Waals surface area contributed by atoms with Gasteiger partial charge in [-0.15, -0.1) is 0 Å². The highest BCUT2D eigenvalue weighted by molar-refractivity contribution is 5.92. The lowest BCUT2D eigenvalue weighted by atomic mass is 10.1. The van der Waals surface area contributed by atoms with Gasteiger partial charge in [-0.3, -0.25) is 9.69 Å². The molecule has 1 aromatic heterocycles. The summed E-state index contributed by atoms with van der Waals surface area (Å²) in [6, 6.07) is 9.34. The van der Waals surface area contributed by atoms with Crippen LogP contribution in [0.25, 0.3) is 0 Å². The number of rotatable bonds is 9. The highest BCUT2D eigenvalue weighted by atomic mass is 19.1. The molecule has 164 valence electrons. The van der Waals surface area contributed by atoms with E-state index in [4.69, 9.17) is 4.42 Å². The van der Waals surface area contributed by atoms with Crippen molar-refractivity contribution in [2.75, 3.05) is 0 Å². The van der Waals surface area contributed by atoms with E-state index in [1.54, 1.807) is 12.1 Å². The van der Waals surface area contributed by atoms with Crippen molar-refractivity contribution in [3.63, 3.8) is 0 Å². The first-order chi connectivity index (χ1) is 14.8. The van der Waals surface area contributed by atoms with Gasteiger partial charge in [0.05, 0.1) is 6.54 Å². The van der Waals surface area contributed by atoms with Crippen LogP contribution in [0.1, 0.15) is 47.8 Å². The maximum Gasteiger partial charge on any atom is 0.273 e. The molecule has 3 aromatic rings. The Bertz CT molecular complexity index is 1020. The van der Waals surface area contributed by atoms with Crippen molar-refractivity contribution < 1.29 is 22.4 Å². The Balaban J connectivity index is 1.77. The van der Waals surface area contributed by atoms with Gasteiger partial charge in [-0.25, -0.2) is 18.2 Å². The summed E-state index contributed by atoms with van der Waals surface area (Å²) in [6.07, 6.45) is 2.06. The number of aromatic nitrogens is 1. The molecule has 3 rings (SSSR count). The number of benzene rings is 2. The predicted octanol–water partition coefficient (Wildman–Crippen LogP) is 4.82. The Morgan fingerprint density at radius 3 is 2.45 bits per heavy atom. The smallest absolute Gasteiger partial charge is 0.273 e. The number of amides is 1. The standard InChI is InChI=1S/C23H24F3N3O2/c1-3-15(2)27-23(30)21-14-31-22(28-21)13-29(11-16-4-7-18(24)8-5-16)12-17-6-9-19(25)10-20(17)26/h4-10,14-15H,3,11-13H2,1-2H3,(H,27,30)/t15-/m0/s1. The van der Waals surface area contributed by atoms with Crippen molar-refractivity contribution >= 4 is 5.91 Å². The Morgan fingerprint density at radius 2 is 1.77 bits per heavy atom. The first-order valence-corrected chi connectivity index (χ1v) is 10.00. The van der Waals surface area contributed by atoms with Gasteiger partial charge in [0.1, 0.15) is 23.7 Å². The lowest BCUT2D eigenvalue weighted by molar-refractivity contribution is 0.0934. The van der Waals surface area contributed by atoms with Crippen LogP contribution < -0.4 is 5.32 Å². The summed E-state index contributed by atoms with van der Waals surface area (Å²) in [6.45, 7) is 4.50. The predicted molar refractivity (Wildman–Crippen MR) is 109 cm³/mol. The zero-order valence-electron chi connectivity index (χ0n) is 17.4. The van der Waals surface area contributed by atoms with Gasteiger partial charge in [0.2, 0.25) is 5.89 Å². The van der Waals surface area contributed by atoms with E-state index in [2.05, 4.69) is 10.3 Å². The molecule has 2 aromatic carbocycles. The van der Waals surface area contributed by atoms with Crippen LogP contribution >= 0.6 is 0 Å². The number of carbonyl (C=O) groups is 1. The van der Waals surface area contributed by atoms with Crippen LogP contribution in [0.15, 0.2) is 53.1 Å². The Hall–Kier alpha value is -3.13. The molecule has 0 saturated heterocycles. The van der Waals surface area contributed by atoms with Crippen LogP contribution in [-0.2, 0) is 19.6 Å². The monoisotopic (exact) mass is 431 g/mol. The topological polar surface area (TPSA) is 58.4 Å². The molecule has 0 bridgehead atoms. The molecule has 0 spiro atoms. The van der Waals surface area contributed by atoms with E-state index >= 15 is 0 Å². The van der Waals surface area contributed by atoms with Gasteiger partial charge in [0.25, 0.3) is 5.91 Å². The van der Waals surface area contributed by atoms with E-state index in [1.165, 1.54) is 30.5 Å². The average Bonchev–Trinajstić information content (AvgIpc) is 3.20. The summed E-state index contributed by atoms with van der Waals surface area (Å²) < 4.78 is 46.1. The van der Waals surface area contributed by atoms with Gasteiger partial charge in [-0.2, -0.15) is 0 Å². The summed E-state index contributed by atoms with van der Waals surface area (Å²) in [5.74, 6) is -1.73. The second kappa shape index (κ2) is 10.3. The number of halogens is 3. The van der Waals surface area contributed by atoms with E-state index in [9.17, 15) is 18.0 Å². The van der Waals surface area contributed by atoms with Crippen molar-refractivity contribution in [1.82, 2.24) is 15.2 Å². The molecule has 0 radical (unpaired) electrons. The molecule has 1 N–H and O–H groups in total. The van der Waals surface area contributed by atoms with Gasteiger partial charge in [0.15, 0.2) is 5.69 Å². The minimum atomic E-state index is -0.662. The van der Waals surface area contributed by atoms with Crippen LogP contribution in [0.3, 0.4) is 0 Å². The van der Waals surface area contributed by atoms with E-state index in [0.29, 0.717) is 12.1 Å². The third-order valence-electron chi connectivity index (χ3n) is 4.86.